The lowest BCUT2D eigenvalue weighted by Crippen LogP contribution is -2.64. The van der Waals surface area contributed by atoms with Crippen molar-refractivity contribution in [2.24, 2.45) is 5.73 Å². The van der Waals surface area contributed by atoms with E-state index in [1.165, 1.54) is 57.8 Å². The molecule has 1 heterocycles. The van der Waals surface area contributed by atoms with Gasteiger partial charge in [0.1, 0.15) is 0 Å². The van der Waals surface area contributed by atoms with Gasteiger partial charge >= 0.3 is 0 Å². The SMILES string of the molecule is CCCCCCC(C)(CCCCC)N1CC(N)C1. The summed E-state index contributed by atoms with van der Waals surface area (Å²) in [7, 11) is 0. The summed E-state index contributed by atoms with van der Waals surface area (Å²) in [5.74, 6) is 0. The van der Waals surface area contributed by atoms with Gasteiger partial charge in [-0.1, -0.05) is 58.8 Å². The van der Waals surface area contributed by atoms with E-state index in [1.54, 1.807) is 0 Å². The van der Waals surface area contributed by atoms with Gasteiger partial charge in [-0.2, -0.15) is 0 Å². The second kappa shape index (κ2) is 8.16. The van der Waals surface area contributed by atoms with E-state index in [9.17, 15) is 0 Å². The molecular formula is C16H34N2. The molecule has 18 heavy (non-hydrogen) atoms. The van der Waals surface area contributed by atoms with Crippen molar-refractivity contribution in [3.05, 3.63) is 0 Å². The van der Waals surface area contributed by atoms with E-state index in [2.05, 4.69) is 25.7 Å². The van der Waals surface area contributed by atoms with Crippen LogP contribution in [0.1, 0.15) is 78.6 Å². The minimum atomic E-state index is 0.429. The molecule has 2 heteroatoms. The van der Waals surface area contributed by atoms with Crippen LogP contribution in [0.3, 0.4) is 0 Å². The Balaban J connectivity index is 2.35. The zero-order valence-electron chi connectivity index (χ0n) is 12.9. The minimum absolute atomic E-state index is 0.429. The first-order valence-corrected chi connectivity index (χ1v) is 8.13. The normalized spacial score (nSPS) is 20.7. The Hall–Kier alpha value is -0.0800. The van der Waals surface area contributed by atoms with Crippen molar-refractivity contribution in [3.8, 4) is 0 Å². The highest BCUT2D eigenvalue weighted by atomic mass is 15.3. The summed E-state index contributed by atoms with van der Waals surface area (Å²) in [4.78, 5) is 2.64. The third-order valence-electron chi connectivity index (χ3n) is 4.56. The maximum absolute atomic E-state index is 5.96. The van der Waals surface area contributed by atoms with E-state index in [0.29, 0.717) is 11.6 Å². The first-order chi connectivity index (χ1) is 8.62. The van der Waals surface area contributed by atoms with Crippen LogP contribution in [0, 0.1) is 0 Å². The summed E-state index contributed by atoms with van der Waals surface area (Å²) in [6.07, 6.45) is 12.3. The number of rotatable bonds is 10. The third-order valence-corrected chi connectivity index (χ3v) is 4.56. The molecule has 1 atom stereocenters. The Morgan fingerprint density at radius 2 is 1.44 bits per heavy atom. The van der Waals surface area contributed by atoms with Gasteiger partial charge in [0.2, 0.25) is 0 Å². The second-order valence-corrected chi connectivity index (χ2v) is 6.43. The molecule has 108 valence electrons. The van der Waals surface area contributed by atoms with Crippen LogP contribution >= 0.6 is 0 Å². The summed E-state index contributed by atoms with van der Waals surface area (Å²) in [6.45, 7) is 9.29. The summed E-state index contributed by atoms with van der Waals surface area (Å²) in [5.41, 5.74) is 6.38. The molecule has 0 aliphatic carbocycles. The Kier molecular flexibility index (Phi) is 7.25. The van der Waals surface area contributed by atoms with Crippen LogP contribution in [0.25, 0.3) is 0 Å². The highest BCUT2D eigenvalue weighted by Crippen LogP contribution is 2.32. The predicted molar refractivity (Wildman–Crippen MR) is 80.9 cm³/mol. The van der Waals surface area contributed by atoms with Crippen molar-refractivity contribution in [2.75, 3.05) is 13.1 Å². The average Bonchev–Trinajstić information content (AvgIpc) is 2.31. The molecule has 0 bridgehead atoms. The molecule has 2 N–H and O–H groups in total. The Labute approximate surface area is 114 Å². The first kappa shape index (κ1) is 16.0. The first-order valence-electron chi connectivity index (χ1n) is 8.13. The molecule has 0 aromatic rings. The molecule has 1 aliphatic heterocycles. The topological polar surface area (TPSA) is 29.3 Å². The molecule has 1 aliphatic rings. The van der Waals surface area contributed by atoms with Crippen LogP contribution < -0.4 is 5.73 Å². The van der Waals surface area contributed by atoms with Crippen molar-refractivity contribution in [3.63, 3.8) is 0 Å². The average molecular weight is 254 g/mol. The van der Waals surface area contributed by atoms with E-state index in [4.69, 9.17) is 5.73 Å². The maximum Gasteiger partial charge on any atom is 0.0297 e. The lowest BCUT2D eigenvalue weighted by Gasteiger charge is -2.50. The predicted octanol–water partition coefficient (Wildman–Crippen LogP) is 3.94. The fourth-order valence-corrected chi connectivity index (χ4v) is 3.08. The molecule has 1 fully saturated rings. The number of nitrogens with zero attached hydrogens (tertiary/aromatic N) is 1. The Bertz CT molecular complexity index is 211. The minimum Gasteiger partial charge on any atom is -0.325 e. The maximum atomic E-state index is 5.96. The van der Waals surface area contributed by atoms with E-state index in [1.807, 2.05) is 0 Å². The van der Waals surface area contributed by atoms with Crippen LogP contribution in [-0.2, 0) is 0 Å². The van der Waals surface area contributed by atoms with Crippen LogP contribution in [0.15, 0.2) is 0 Å². The van der Waals surface area contributed by atoms with Gasteiger partial charge < -0.3 is 5.73 Å². The van der Waals surface area contributed by atoms with Gasteiger partial charge in [0, 0.05) is 24.7 Å². The number of nitrogens with two attached hydrogens (primary N) is 1. The molecule has 2 nitrogen and oxygen atoms in total. The largest absolute Gasteiger partial charge is 0.325 e. The van der Waals surface area contributed by atoms with E-state index < -0.39 is 0 Å². The van der Waals surface area contributed by atoms with Crippen LogP contribution in [-0.4, -0.2) is 29.6 Å². The van der Waals surface area contributed by atoms with Crippen LogP contribution in [0.5, 0.6) is 0 Å². The van der Waals surface area contributed by atoms with Crippen molar-refractivity contribution >= 4 is 0 Å². The fraction of sp³-hybridized carbons (Fsp3) is 1.00. The van der Waals surface area contributed by atoms with Crippen molar-refractivity contribution in [2.45, 2.75) is 90.1 Å². The summed E-state index contributed by atoms with van der Waals surface area (Å²) in [6, 6.07) is 0.436. The number of hydrogen-bond donors (Lipinski definition) is 1. The third kappa shape index (κ3) is 4.89. The Morgan fingerprint density at radius 3 is 1.94 bits per heavy atom. The van der Waals surface area contributed by atoms with Gasteiger partial charge in [-0.15, -0.1) is 0 Å². The molecule has 0 amide bonds. The molecule has 0 saturated carbocycles. The summed E-state index contributed by atoms with van der Waals surface area (Å²) >= 11 is 0. The molecule has 0 aromatic carbocycles. The fourth-order valence-electron chi connectivity index (χ4n) is 3.08. The standard InChI is InChI=1S/C16H34N2/c1-4-6-8-10-12-16(3,11-9-7-5-2)18-13-15(17)14-18/h15H,4-14,17H2,1-3H3. The summed E-state index contributed by atoms with van der Waals surface area (Å²) in [5, 5.41) is 0. The van der Waals surface area contributed by atoms with Crippen molar-refractivity contribution in [1.29, 1.82) is 0 Å². The van der Waals surface area contributed by atoms with Crippen LogP contribution in [0.4, 0.5) is 0 Å². The van der Waals surface area contributed by atoms with Crippen molar-refractivity contribution in [1.82, 2.24) is 4.90 Å². The van der Waals surface area contributed by atoms with Gasteiger partial charge in [0.15, 0.2) is 0 Å². The summed E-state index contributed by atoms with van der Waals surface area (Å²) < 4.78 is 0. The molecule has 1 unspecified atom stereocenters. The molecule has 0 radical (unpaired) electrons. The molecule has 1 rings (SSSR count). The molecular weight excluding hydrogens is 220 g/mol. The van der Waals surface area contributed by atoms with Crippen LogP contribution in [0.2, 0.25) is 0 Å². The Morgan fingerprint density at radius 1 is 0.944 bits per heavy atom. The van der Waals surface area contributed by atoms with Gasteiger partial charge in [-0.25, -0.2) is 0 Å². The van der Waals surface area contributed by atoms with E-state index in [-0.39, 0.29) is 0 Å². The monoisotopic (exact) mass is 254 g/mol. The zero-order chi connectivity index (χ0) is 13.4. The lowest BCUT2D eigenvalue weighted by molar-refractivity contribution is 0.0101. The highest BCUT2D eigenvalue weighted by molar-refractivity contribution is 4.95. The molecule has 0 spiro atoms. The smallest absolute Gasteiger partial charge is 0.0297 e. The molecule has 1 saturated heterocycles. The van der Waals surface area contributed by atoms with Gasteiger partial charge in [0.25, 0.3) is 0 Å². The van der Waals surface area contributed by atoms with E-state index in [0.717, 1.165) is 13.1 Å². The second-order valence-electron chi connectivity index (χ2n) is 6.43. The zero-order valence-corrected chi connectivity index (χ0v) is 12.9. The van der Waals surface area contributed by atoms with Crippen molar-refractivity contribution < 1.29 is 0 Å². The number of hydrogen-bond acceptors (Lipinski definition) is 2. The lowest BCUT2D eigenvalue weighted by atomic mass is 9.83. The van der Waals surface area contributed by atoms with E-state index >= 15 is 0 Å². The molecule has 0 aromatic heterocycles. The highest BCUT2D eigenvalue weighted by Gasteiger charge is 2.37. The van der Waals surface area contributed by atoms with Gasteiger partial charge in [-0.05, 0) is 19.8 Å². The number of likely N-dealkylation sites (tertiary alicyclic amines) is 1. The quantitative estimate of drug-likeness (QED) is 0.598. The van der Waals surface area contributed by atoms with Gasteiger partial charge in [-0.3, -0.25) is 4.90 Å². The number of unbranched alkanes of at least 4 members (excludes halogenated alkanes) is 5. The van der Waals surface area contributed by atoms with Gasteiger partial charge in [0.05, 0.1) is 0 Å².